The fraction of sp³-hybridized carbons (Fsp3) is 0. The van der Waals surface area contributed by atoms with Crippen LogP contribution in [0.2, 0.25) is 0 Å². The molecule has 0 saturated heterocycles. The zero-order chi connectivity index (χ0) is 34.4. The van der Waals surface area contributed by atoms with Crippen LogP contribution in [0.25, 0.3) is 76.9 Å². The summed E-state index contributed by atoms with van der Waals surface area (Å²) in [5, 5.41) is 7.08. The Morgan fingerprint density at radius 2 is 0.846 bits per heavy atom. The fourth-order valence-electron chi connectivity index (χ4n) is 7.60. The summed E-state index contributed by atoms with van der Waals surface area (Å²) in [6.07, 6.45) is 0. The first-order chi connectivity index (χ1) is 25.7. The summed E-state index contributed by atoms with van der Waals surface area (Å²) < 4.78 is 6.24. The molecule has 0 N–H and O–H groups in total. The van der Waals surface area contributed by atoms with E-state index in [4.69, 9.17) is 4.42 Å². The molecule has 2 nitrogen and oxygen atoms in total. The van der Waals surface area contributed by atoms with Gasteiger partial charge in [-0.15, -0.1) is 0 Å². The van der Waals surface area contributed by atoms with Crippen molar-refractivity contribution in [3.05, 3.63) is 200 Å². The minimum atomic E-state index is 0.885. The Bertz CT molecular complexity index is 2910. The van der Waals surface area contributed by atoms with Gasteiger partial charge in [-0.2, -0.15) is 0 Å². The van der Waals surface area contributed by atoms with Crippen LogP contribution in [0.4, 0.5) is 17.1 Å². The molecule has 2 heteroatoms. The summed E-state index contributed by atoms with van der Waals surface area (Å²) in [4.78, 5) is 2.38. The zero-order valence-corrected chi connectivity index (χ0v) is 28.4. The van der Waals surface area contributed by atoms with Crippen LogP contribution in [0.3, 0.4) is 0 Å². The number of anilines is 3. The average molecular weight is 664 g/mol. The van der Waals surface area contributed by atoms with Crippen molar-refractivity contribution in [3.8, 4) is 33.4 Å². The van der Waals surface area contributed by atoms with E-state index in [-0.39, 0.29) is 0 Å². The van der Waals surface area contributed by atoms with E-state index >= 15 is 0 Å². The summed E-state index contributed by atoms with van der Waals surface area (Å²) in [5.74, 6) is 0. The van der Waals surface area contributed by atoms with Gasteiger partial charge in [0.25, 0.3) is 0 Å². The van der Waals surface area contributed by atoms with E-state index in [0.717, 1.165) is 39.0 Å². The number of fused-ring (bicyclic) bond motifs is 5. The fourth-order valence-corrected chi connectivity index (χ4v) is 7.60. The van der Waals surface area contributed by atoms with Gasteiger partial charge < -0.3 is 9.32 Å². The molecule has 0 unspecified atom stereocenters. The van der Waals surface area contributed by atoms with Gasteiger partial charge >= 0.3 is 0 Å². The SMILES string of the molecule is c1ccc(-c2ccc3cc(-c4ccc5ccc(N(c6ccc7oc8ccccc8c7c6)c6ccccc6-c6ccccc6)cc5c4)ccc3c2)cc1. The molecular weight excluding hydrogens is 631 g/mol. The van der Waals surface area contributed by atoms with Crippen molar-refractivity contribution in [2.24, 2.45) is 0 Å². The highest BCUT2D eigenvalue weighted by Gasteiger charge is 2.19. The molecule has 0 radical (unpaired) electrons. The lowest BCUT2D eigenvalue weighted by Gasteiger charge is -2.28. The van der Waals surface area contributed by atoms with E-state index in [1.54, 1.807) is 0 Å². The summed E-state index contributed by atoms with van der Waals surface area (Å²) in [7, 11) is 0. The number of furan rings is 1. The highest BCUT2D eigenvalue weighted by molar-refractivity contribution is 6.07. The lowest BCUT2D eigenvalue weighted by molar-refractivity contribution is 0.669. The Morgan fingerprint density at radius 1 is 0.308 bits per heavy atom. The van der Waals surface area contributed by atoms with Crippen LogP contribution in [0.5, 0.6) is 0 Å². The molecule has 10 rings (SSSR count). The molecule has 0 aliphatic rings. The third-order valence-electron chi connectivity index (χ3n) is 10.2. The number of rotatable bonds is 6. The normalized spacial score (nSPS) is 11.5. The van der Waals surface area contributed by atoms with Gasteiger partial charge in [0.1, 0.15) is 11.2 Å². The number of nitrogens with zero attached hydrogens (tertiary/aromatic N) is 1. The molecule has 0 amide bonds. The second kappa shape index (κ2) is 12.5. The lowest BCUT2D eigenvalue weighted by Crippen LogP contribution is -2.11. The second-order valence-electron chi connectivity index (χ2n) is 13.4. The molecule has 0 fully saturated rings. The Balaban J connectivity index is 1.11. The van der Waals surface area contributed by atoms with Gasteiger partial charge in [-0.1, -0.05) is 140 Å². The molecule has 1 heterocycles. The summed E-state index contributed by atoms with van der Waals surface area (Å²) in [5.41, 5.74) is 12.3. The first kappa shape index (κ1) is 30.0. The first-order valence-corrected chi connectivity index (χ1v) is 17.7. The van der Waals surface area contributed by atoms with Crippen molar-refractivity contribution in [2.75, 3.05) is 4.90 Å². The molecule has 1 aromatic heterocycles. The van der Waals surface area contributed by atoms with E-state index < -0.39 is 0 Å². The maximum atomic E-state index is 6.24. The second-order valence-corrected chi connectivity index (χ2v) is 13.4. The van der Waals surface area contributed by atoms with Gasteiger partial charge in [0, 0.05) is 27.7 Å². The number of hydrogen-bond donors (Lipinski definition) is 0. The smallest absolute Gasteiger partial charge is 0.135 e. The molecule has 10 aromatic rings. The van der Waals surface area contributed by atoms with Crippen molar-refractivity contribution in [1.29, 1.82) is 0 Å². The molecule has 0 bridgehead atoms. The van der Waals surface area contributed by atoms with Crippen LogP contribution in [0.15, 0.2) is 205 Å². The predicted octanol–water partition coefficient (Wildman–Crippen LogP) is 14.4. The third kappa shape index (κ3) is 5.30. The third-order valence-corrected chi connectivity index (χ3v) is 10.2. The van der Waals surface area contributed by atoms with Crippen LogP contribution >= 0.6 is 0 Å². The molecule has 0 atom stereocenters. The Kier molecular flexibility index (Phi) is 7.18. The monoisotopic (exact) mass is 663 g/mol. The first-order valence-electron chi connectivity index (χ1n) is 17.7. The van der Waals surface area contributed by atoms with Crippen LogP contribution in [0.1, 0.15) is 0 Å². The molecule has 0 aliphatic carbocycles. The average Bonchev–Trinajstić information content (AvgIpc) is 3.59. The maximum Gasteiger partial charge on any atom is 0.135 e. The molecule has 9 aromatic carbocycles. The number of hydrogen-bond acceptors (Lipinski definition) is 2. The summed E-state index contributed by atoms with van der Waals surface area (Å²) in [6, 6.07) is 71.9. The van der Waals surface area contributed by atoms with Crippen molar-refractivity contribution in [3.63, 3.8) is 0 Å². The number of benzene rings is 9. The lowest BCUT2D eigenvalue weighted by atomic mass is 9.96. The summed E-state index contributed by atoms with van der Waals surface area (Å²) in [6.45, 7) is 0. The quantitative estimate of drug-likeness (QED) is 0.176. The highest BCUT2D eigenvalue weighted by Crippen LogP contribution is 2.43. The summed E-state index contributed by atoms with van der Waals surface area (Å²) >= 11 is 0. The van der Waals surface area contributed by atoms with Gasteiger partial charge in [0.2, 0.25) is 0 Å². The van der Waals surface area contributed by atoms with E-state index in [1.807, 2.05) is 12.1 Å². The van der Waals surface area contributed by atoms with Crippen LogP contribution in [0, 0.1) is 0 Å². The van der Waals surface area contributed by atoms with Crippen LogP contribution in [-0.4, -0.2) is 0 Å². The molecule has 0 saturated carbocycles. The van der Waals surface area contributed by atoms with Gasteiger partial charge in [-0.3, -0.25) is 0 Å². The van der Waals surface area contributed by atoms with Crippen molar-refractivity contribution >= 4 is 60.5 Å². The van der Waals surface area contributed by atoms with Crippen molar-refractivity contribution < 1.29 is 4.42 Å². The zero-order valence-electron chi connectivity index (χ0n) is 28.4. The number of para-hydroxylation sites is 2. The van der Waals surface area contributed by atoms with Crippen molar-refractivity contribution in [2.45, 2.75) is 0 Å². The molecular formula is C50H33NO. The van der Waals surface area contributed by atoms with Gasteiger partial charge in [0.05, 0.1) is 5.69 Å². The predicted molar refractivity (Wildman–Crippen MR) is 220 cm³/mol. The topological polar surface area (TPSA) is 16.4 Å². The largest absolute Gasteiger partial charge is 0.456 e. The minimum Gasteiger partial charge on any atom is -0.456 e. The molecule has 0 spiro atoms. The molecule has 0 aliphatic heterocycles. The van der Waals surface area contributed by atoms with Gasteiger partial charge in [-0.25, -0.2) is 0 Å². The van der Waals surface area contributed by atoms with E-state index in [0.29, 0.717) is 0 Å². The molecule has 52 heavy (non-hydrogen) atoms. The van der Waals surface area contributed by atoms with Crippen LogP contribution in [-0.2, 0) is 0 Å². The standard InChI is InChI=1S/C50H33NO/c1-3-11-34(12-4-1)37-21-22-39-30-40(24-23-38(39)29-37)41-20-19-35-25-26-43(32-42(35)31-41)51(48-17-9-7-15-45(48)36-13-5-2-6-14-36)44-27-28-50-47(33-44)46-16-8-10-18-49(46)52-50/h1-33H. The van der Waals surface area contributed by atoms with Crippen molar-refractivity contribution in [1.82, 2.24) is 0 Å². The van der Waals surface area contributed by atoms with E-state index in [1.165, 1.54) is 54.9 Å². The van der Waals surface area contributed by atoms with Gasteiger partial charge in [-0.05, 0) is 110 Å². The maximum absolute atomic E-state index is 6.24. The Labute approximate surface area is 302 Å². The van der Waals surface area contributed by atoms with E-state index in [2.05, 4.69) is 193 Å². The Hall–Kier alpha value is -6.90. The van der Waals surface area contributed by atoms with E-state index in [9.17, 15) is 0 Å². The van der Waals surface area contributed by atoms with Gasteiger partial charge in [0.15, 0.2) is 0 Å². The highest BCUT2D eigenvalue weighted by atomic mass is 16.3. The molecule has 244 valence electrons. The van der Waals surface area contributed by atoms with Crippen LogP contribution < -0.4 is 4.90 Å². The Morgan fingerprint density at radius 3 is 1.62 bits per heavy atom. The minimum absolute atomic E-state index is 0.885.